The maximum absolute atomic E-state index is 5.66. The quantitative estimate of drug-likeness (QED) is 0.852. The van der Waals surface area contributed by atoms with E-state index in [4.69, 9.17) is 4.74 Å². The maximum atomic E-state index is 5.66. The third-order valence-corrected chi connectivity index (χ3v) is 6.78. The number of nitrogens with zero attached hydrogens (tertiary/aromatic N) is 1. The van der Waals surface area contributed by atoms with Crippen LogP contribution < -0.4 is 0 Å². The van der Waals surface area contributed by atoms with Crippen LogP contribution in [0.15, 0.2) is 60.7 Å². The van der Waals surface area contributed by atoms with E-state index < -0.39 is 0 Å². The van der Waals surface area contributed by atoms with E-state index in [0.29, 0.717) is 5.54 Å². The van der Waals surface area contributed by atoms with Crippen molar-refractivity contribution in [1.29, 1.82) is 0 Å². The van der Waals surface area contributed by atoms with E-state index in [1.54, 1.807) is 0 Å². The number of fused-ring (bicyclic) bond motifs is 1. The molecule has 5 rings (SSSR count). The average molecular weight is 319 g/mol. The molecule has 2 aromatic rings. The zero-order valence-corrected chi connectivity index (χ0v) is 14.2. The summed E-state index contributed by atoms with van der Waals surface area (Å²) >= 11 is 0. The lowest BCUT2D eigenvalue weighted by Crippen LogP contribution is -2.49. The molecule has 0 radical (unpaired) electrons. The Kier molecular flexibility index (Phi) is 3.33. The Bertz CT molecular complexity index is 668. The third-order valence-electron chi connectivity index (χ3n) is 6.78. The average Bonchev–Trinajstić information content (AvgIpc) is 3.01. The highest BCUT2D eigenvalue weighted by Crippen LogP contribution is 2.76. The molecule has 2 aromatic carbocycles. The molecule has 3 fully saturated rings. The topological polar surface area (TPSA) is 12.5 Å². The van der Waals surface area contributed by atoms with Gasteiger partial charge in [-0.3, -0.25) is 4.90 Å². The monoisotopic (exact) mass is 319 g/mol. The Morgan fingerprint density at radius 1 is 0.833 bits per heavy atom. The van der Waals surface area contributed by atoms with Crippen LogP contribution in [-0.2, 0) is 10.2 Å². The fourth-order valence-electron chi connectivity index (χ4n) is 6.06. The van der Waals surface area contributed by atoms with Crippen LogP contribution in [0.2, 0.25) is 0 Å². The van der Waals surface area contributed by atoms with Gasteiger partial charge in [0, 0.05) is 24.0 Å². The van der Waals surface area contributed by atoms with Gasteiger partial charge in [0.1, 0.15) is 0 Å². The van der Waals surface area contributed by atoms with Gasteiger partial charge in [-0.1, -0.05) is 67.1 Å². The molecule has 3 aliphatic rings. The second kappa shape index (κ2) is 5.44. The van der Waals surface area contributed by atoms with Crippen molar-refractivity contribution in [3.05, 3.63) is 71.8 Å². The molecular formula is C22H25NO. The molecule has 1 saturated heterocycles. The van der Waals surface area contributed by atoms with E-state index in [9.17, 15) is 0 Å². The molecule has 0 N–H and O–H groups in total. The van der Waals surface area contributed by atoms with Gasteiger partial charge in [0.2, 0.25) is 0 Å². The van der Waals surface area contributed by atoms with Crippen molar-refractivity contribution < 1.29 is 4.74 Å². The molecular weight excluding hydrogens is 294 g/mol. The summed E-state index contributed by atoms with van der Waals surface area (Å²) in [6.45, 7) is 3.93. The molecule has 1 heterocycles. The normalized spacial score (nSPS) is 31.6. The Hall–Kier alpha value is -1.64. The first-order valence-electron chi connectivity index (χ1n) is 9.34. The number of morpholine rings is 1. The Balaban J connectivity index is 1.68. The highest BCUT2D eigenvalue weighted by Gasteiger charge is 2.80. The van der Waals surface area contributed by atoms with Crippen molar-refractivity contribution in [3.8, 4) is 0 Å². The van der Waals surface area contributed by atoms with E-state index in [1.807, 2.05) is 0 Å². The minimum atomic E-state index is 0.172. The third kappa shape index (κ3) is 1.73. The number of hydrogen-bond donors (Lipinski definition) is 0. The minimum Gasteiger partial charge on any atom is -0.379 e. The van der Waals surface area contributed by atoms with Gasteiger partial charge in [-0.25, -0.2) is 0 Å². The molecule has 0 spiro atoms. The molecule has 2 saturated carbocycles. The molecule has 24 heavy (non-hydrogen) atoms. The van der Waals surface area contributed by atoms with Crippen LogP contribution >= 0.6 is 0 Å². The van der Waals surface area contributed by atoms with Crippen LogP contribution in [0.3, 0.4) is 0 Å². The van der Waals surface area contributed by atoms with Crippen molar-refractivity contribution in [2.45, 2.75) is 30.2 Å². The first-order valence-corrected chi connectivity index (χ1v) is 9.34. The van der Waals surface area contributed by atoms with Crippen molar-refractivity contribution >= 4 is 0 Å². The van der Waals surface area contributed by atoms with Crippen LogP contribution in [0.1, 0.15) is 30.4 Å². The summed E-state index contributed by atoms with van der Waals surface area (Å²) in [6.07, 6.45) is 4.03. The van der Waals surface area contributed by atoms with Gasteiger partial charge >= 0.3 is 0 Å². The summed E-state index contributed by atoms with van der Waals surface area (Å²) in [5.41, 5.74) is 3.49. The van der Waals surface area contributed by atoms with Crippen molar-refractivity contribution in [1.82, 2.24) is 4.90 Å². The molecule has 2 heteroatoms. The molecule has 0 bridgehead atoms. The van der Waals surface area contributed by atoms with Gasteiger partial charge in [0.15, 0.2) is 0 Å². The summed E-state index contributed by atoms with van der Waals surface area (Å²) < 4.78 is 5.66. The molecule has 0 aromatic heterocycles. The lowest BCUT2D eigenvalue weighted by molar-refractivity contribution is 0.00308. The predicted octanol–water partition coefficient (Wildman–Crippen LogP) is 3.86. The molecule has 2 nitrogen and oxygen atoms in total. The molecule has 2 unspecified atom stereocenters. The lowest BCUT2D eigenvalue weighted by atomic mass is 9.79. The predicted molar refractivity (Wildman–Crippen MR) is 96.1 cm³/mol. The zero-order valence-electron chi connectivity index (χ0n) is 14.2. The van der Waals surface area contributed by atoms with Gasteiger partial charge in [-0.2, -0.15) is 0 Å². The Morgan fingerprint density at radius 2 is 1.42 bits per heavy atom. The van der Waals surface area contributed by atoms with E-state index in [2.05, 4.69) is 65.6 Å². The fourth-order valence-corrected chi connectivity index (χ4v) is 6.06. The highest BCUT2D eigenvalue weighted by atomic mass is 16.5. The zero-order chi connectivity index (χ0) is 16.0. The standard InChI is InChI=1S/C22H25NO/c1-3-8-18(9-4-1)22(19-10-5-2-6-11-19)20-12-7-13-21(20,22)23-14-16-24-17-15-23/h1-6,8-11,20H,7,12-17H2. The van der Waals surface area contributed by atoms with Crippen LogP contribution in [-0.4, -0.2) is 36.7 Å². The van der Waals surface area contributed by atoms with Crippen molar-refractivity contribution in [2.75, 3.05) is 26.3 Å². The molecule has 124 valence electrons. The van der Waals surface area contributed by atoms with E-state index in [-0.39, 0.29) is 5.41 Å². The Morgan fingerprint density at radius 3 is 2.00 bits per heavy atom. The van der Waals surface area contributed by atoms with Crippen LogP contribution in [0, 0.1) is 5.92 Å². The molecule has 1 aliphatic heterocycles. The summed E-state index contributed by atoms with van der Waals surface area (Å²) in [5, 5.41) is 0. The van der Waals surface area contributed by atoms with Gasteiger partial charge in [0.25, 0.3) is 0 Å². The van der Waals surface area contributed by atoms with E-state index in [0.717, 1.165) is 32.2 Å². The second-order valence-electron chi connectivity index (χ2n) is 7.51. The molecule has 2 aliphatic carbocycles. The van der Waals surface area contributed by atoms with Gasteiger partial charge in [-0.05, 0) is 29.9 Å². The summed E-state index contributed by atoms with van der Waals surface area (Å²) in [6, 6.07) is 22.5. The summed E-state index contributed by atoms with van der Waals surface area (Å²) in [4.78, 5) is 2.77. The largest absolute Gasteiger partial charge is 0.379 e. The number of rotatable bonds is 3. The van der Waals surface area contributed by atoms with Crippen LogP contribution in [0.25, 0.3) is 0 Å². The van der Waals surface area contributed by atoms with E-state index in [1.165, 1.54) is 30.4 Å². The second-order valence-corrected chi connectivity index (χ2v) is 7.51. The summed E-state index contributed by atoms with van der Waals surface area (Å²) in [7, 11) is 0. The van der Waals surface area contributed by atoms with Crippen LogP contribution in [0.4, 0.5) is 0 Å². The first-order chi connectivity index (χ1) is 11.9. The van der Waals surface area contributed by atoms with E-state index >= 15 is 0 Å². The molecule has 2 atom stereocenters. The van der Waals surface area contributed by atoms with Crippen LogP contribution in [0.5, 0.6) is 0 Å². The SMILES string of the molecule is c1ccc(C2(c3ccccc3)C3CCCC32N2CCOCC2)cc1. The number of ether oxygens (including phenoxy) is 1. The first kappa shape index (κ1) is 14.7. The Labute approximate surface area is 144 Å². The smallest absolute Gasteiger partial charge is 0.0594 e. The summed E-state index contributed by atoms with van der Waals surface area (Å²) in [5.74, 6) is 0.743. The fraction of sp³-hybridized carbons (Fsp3) is 0.455. The maximum Gasteiger partial charge on any atom is 0.0594 e. The number of benzene rings is 2. The van der Waals surface area contributed by atoms with Crippen molar-refractivity contribution in [2.24, 2.45) is 5.92 Å². The molecule has 0 amide bonds. The highest BCUT2D eigenvalue weighted by molar-refractivity contribution is 5.57. The van der Waals surface area contributed by atoms with Crippen molar-refractivity contribution in [3.63, 3.8) is 0 Å². The number of hydrogen-bond acceptors (Lipinski definition) is 2. The lowest BCUT2D eigenvalue weighted by Gasteiger charge is -2.39. The van der Waals surface area contributed by atoms with Gasteiger partial charge < -0.3 is 4.74 Å². The van der Waals surface area contributed by atoms with Gasteiger partial charge in [-0.15, -0.1) is 0 Å². The minimum absolute atomic E-state index is 0.172. The van der Waals surface area contributed by atoms with Gasteiger partial charge in [0.05, 0.1) is 13.2 Å².